The normalized spacial score (nSPS) is 17.2. The minimum Gasteiger partial charge on any atom is -0.488 e. The second-order valence-electron chi connectivity index (χ2n) is 6.02. The number of carbonyl (C=O) groups is 2. The smallest absolute Gasteiger partial charge is 0.338 e. The van der Waals surface area contributed by atoms with Gasteiger partial charge in [-0.25, -0.2) is 4.79 Å². The summed E-state index contributed by atoms with van der Waals surface area (Å²) in [6.07, 6.45) is 2.36. The summed E-state index contributed by atoms with van der Waals surface area (Å²) in [4.78, 5) is 23.9. The molecule has 1 aliphatic rings. The Morgan fingerprint density at radius 2 is 1.84 bits per heavy atom. The van der Waals surface area contributed by atoms with Gasteiger partial charge < -0.3 is 9.47 Å². The van der Waals surface area contributed by atoms with E-state index < -0.39 is 12.1 Å². The first-order valence-electron chi connectivity index (χ1n) is 8.33. The highest BCUT2D eigenvalue weighted by atomic mass is 79.9. The molecule has 0 heterocycles. The minimum atomic E-state index is -0.584. The van der Waals surface area contributed by atoms with Gasteiger partial charge in [0.15, 0.2) is 11.9 Å². The Kier molecular flexibility index (Phi) is 5.87. The maximum Gasteiger partial charge on any atom is 0.338 e. The Balaban J connectivity index is 1.57. The van der Waals surface area contributed by atoms with Crippen LogP contribution in [-0.2, 0) is 16.1 Å². The van der Waals surface area contributed by atoms with Crippen molar-refractivity contribution in [3.05, 3.63) is 64.1 Å². The van der Waals surface area contributed by atoms with Crippen molar-refractivity contribution in [1.29, 1.82) is 0 Å². The fourth-order valence-electron chi connectivity index (χ4n) is 2.73. The Bertz CT molecular complexity index is 755. The van der Waals surface area contributed by atoms with E-state index in [-0.39, 0.29) is 5.78 Å². The molecule has 0 aromatic heterocycles. The lowest BCUT2D eigenvalue weighted by atomic mass is 9.96. The van der Waals surface area contributed by atoms with Crippen molar-refractivity contribution in [1.82, 2.24) is 0 Å². The lowest BCUT2D eigenvalue weighted by Gasteiger charge is -2.20. The Morgan fingerprint density at radius 3 is 2.56 bits per heavy atom. The van der Waals surface area contributed by atoms with E-state index in [0.717, 1.165) is 28.6 Å². The molecule has 3 rings (SSSR count). The van der Waals surface area contributed by atoms with Crippen LogP contribution >= 0.6 is 15.9 Å². The Hall–Kier alpha value is -2.14. The van der Waals surface area contributed by atoms with Gasteiger partial charge in [0, 0.05) is 6.42 Å². The first-order chi connectivity index (χ1) is 12.1. The SMILES string of the molecule is O=C(O[C@H]1CCCCC1=O)c1ccc(COc2ccccc2Br)cc1. The van der Waals surface area contributed by atoms with Gasteiger partial charge >= 0.3 is 5.97 Å². The van der Waals surface area contributed by atoms with Gasteiger partial charge in [0.2, 0.25) is 0 Å². The van der Waals surface area contributed by atoms with Gasteiger partial charge in [0.1, 0.15) is 12.4 Å². The molecule has 1 saturated carbocycles. The summed E-state index contributed by atoms with van der Waals surface area (Å²) in [5.41, 5.74) is 1.39. The lowest BCUT2D eigenvalue weighted by molar-refractivity contribution is -0.129. The number of carbonyl (C=O) groups excluding carboxylic acids is 2. The van der Waals surface area contributed by atoms with Crippen molar-refractivity contribution in [2.75, 3.05) is 0 Å². The van der Waals surface area contributed by atoms with Crippen LogP contribution in [0, 0.1) is 0 Å². The molecule has 0 unspecified atom stereocenters. The van der Waals surface area contributed by atoms with Crippen LogP contribution in [0.4, 0.5) is 0 Å². The summed E-state index contributed by atoms with van der Waals surface area (Å²) in [6, 6.07) is 14.7. The molecule has 2 aromatic rings. The summed E-state index contributed by atoms with van der Waals surface area (Å²) >= 11 is 3.44. The van der Waals surface area contributed by atoms with Crippen molar-refractivity contribution in [2.24, 2.45) is 0 Å². The molecule has 0 bridgehead atoms. The summed E-state index contributed by atoms with van der Waals surface area (Å²) < 4.78 is 12.0. The highest BCUT2D eigenvalue weighted by Crippen LogP contribution is 2.25. The number of benzene rings is 2. The molecule has 130 valence electrons. The molecule has 0 N–H and O–H groups in total. The molecule has 0 aliphatic heterocycles. The number of Topliss-reactive ketones (excluding diaryl/α,β-unsaturated/α-hetero) is 1. The summed E-state index contributed by atoms with van der Waals surface area (Å²) in [5.74, 6) is 0.346. The zero-order chi connectivity index (χ0) is 17.6. The second-order valence-corrected chi connectivity index (χ2v) is 6.88. The van der Waals surface area contributed by atoms with Crippen LogP contribution in [0.2, 0.25) is 0 Å². The fraction of sp³-hybridized carbons (Fsp3) is 0.300. The molecule has 0 spiro atoms. The van der Waals surface area contributed by atoms with Gasteiger partial charge in [-0.3, -0.25) is 4.79 Å². The van der Waals surface area contributed by atoms with E-state index in [0.29, 0.717) is 25.0 Å². The maximum absolute atomic E-state index is 12.2. The van der Waals surface area contributed by atoms with Crippen LogP contribution in [-0.4, -0.2) is 17.9 Å². The number of esters is 1. The van der Waals surface area contributed by atoms with E-state index in [1.54, 1.807) is 12.1 Å². The number of hydrogen-bond acceptors (Lipinski definition) is 4. The number of ether oxygens (including phenoxy) is 2. The summed E-state index contributed by atoms with van der Waals surface area (Å²) in [7, 11) is 0. The number of halogens is 1. The molecular weight excluding hydrogens is 384 g/mol. The molecule has 1 fully saturated rings. The van der Waals surface area contributed by atoms with E-state index in [1.165, 1.54) is 0 Å². The van der Waals surface area contributed by atoms with Gasteiger partial charge in [-0.2, -0.15) is 0 Å². The maximum atomic E-state index is 12.2. The number of hydrogen-bond donors (Lipinski definition) is 0. The third kappa shape index (κ3) is 4.69. The van der Waals surface area contributed by atoms with Gasteiger partial charge in [-0.05, 0) is 65.0 Å². The summed E-state index contributed by atoms with van der Waals surface area (Å²) in [5, 5.41) is 0. The van der Waals surface area contributed by atoms with Crippen LogP contribution in [0.1, 0.15) is 41.6 Å². The second kappa shape index (κ2) is 8.30. The standard InChI is InChI=1S/C20H19BrO4/c21-16-5-1-3-7-18(16)24-13-14-9-11-15(12-10-14)20(23)25-19-8-4-2-6-17(19)22/h1,3,5,7,9-12,19H,2,4,6,8,13H2/t19-/m0/s1. The lowest BCUT2D eigenvalue weighted by Crippen LogP contribution is -2.30. The van der Waals surface area contributed by atoms with Crippen LogP contribution in [0.25, 0.3) is 0 Å². The molecule has 4 nitrogen and oxygen atoms in total. The quantitative estimate of drug-likeness (QED) is 0.680. The van der Waals surface area contributed by atoms with E-state index in [4.69, 9.17) is 9.47 Å². The molecule has 1 atom stereocenters. The van der Waals surface area contributed by atoms with Crippen LogP contribution < -0.4 is 4.74 Å². The number of rotatable bonds is 5. The van der Waals surface area contributed by atoms with Gasteiger partial charge in [0.05, 0.1) is 10.0 Å². The predicted octanol–water partition coefficient (Wildman–Crippen LogP) is 4.70. The largest absolute Gasteiger partial charge is 0.488 e. The minimum absolute atomic E-state index is 0.0260. The molecule has 1 aliphatic carbocycles. The van der Waals surface area contributed by atoms with Crippen LogP contribution in [0.3, 0.4) is 0 Å². The molecule has 0 amide bonds. The van der Waals surface area contributed by atoms with Crippen molar-refractivity contribution >= 4 is 27.7 Å². The van der Waals surface area contributed by atoms with E-state index >= 15 is 0 Å². The van der Waals surface area contributed by atoms with E-state index in [9.17, 15) is 9.59 Å². The Labute approximate surface area is 155 Å². The first kappa shape index (κ1) is 17.7. The molecule has 25 heavy (non-hydrogen) atoms. The predicted molar refractivity (Wildman–Crippen MR) is 97.6 cm³/mol. The first-order valence-corrected chi connectivity index (χ1v) is 9.13. The topological polar surface area (TPSA) is 52.6 Å². The van der Waals surface area contributed by atoms with E-state index in [2.05, 4.69) is 15.9 Å². The molecule has 5 heteroatoms. The number of ketones is 1. The third-order valence-corrected chi connectivity index (χ3v) is 4.82. The zero-order valence-electron chi connectivity index (χ0n) is 13.7. The van der Waals surface area contributed by atoms with Gasteiger partial charge in [-0.1, -0.05) is 24.3 Å². The molecule has 0 radical (unpaired) electrons. The highest BCUT2D eigenvalue weighted by Gasteiger charge is 2.26. The highest BCUT2D eigenvalue weighted by molar-refractivity contribution is 9.10. The molecular formula is C20H19BrO4. The van der Waals surface area contributed by atoms with Crippen LogP contribution in [0.5, 0.6) is 5.75 Å². The van der Waals surface area contributed by atoms with Crippen molar-refractivity contribution in [3.8, 4) is 5.75 Å². The van der Waals surface area contributed by atoms with Crippen molar-refractivity contribution < 1.29 is 19.1 Å². The average molecular weight is 403 g/mol. The molecule has 0 saturated heterocycles. The van der Waals surface area contributed by atoms with E-state index in [1.807, 2.05) is 36.4 Å². The van der Waals surface area contributed by atoms with Crippen LogP contribution in [0.15, 0.2) is 53.0 Å². The van der Waals surface area contributed by atoms with Gasteiger partial charge in [-0.15, -0.1) is 0 Å². The third-order valence-electron chi connectivity index (χ3n) is 4.17. The fourth-order valence-corrected chi connectivity index (χ4v) is 3.13. The Morgan fingerprint density at radius 1 is 1.08 bits per heavy atom. The number of para-hydroxylation sites is 1. The zero-order valence-corrected chi connectivity index (χ0v) is 15.3. The van der Waals surface area contributed by atoms with Gasteiger partial charge in [0.25, 0.3) is 0 Å². The van der Waals surface area contributed by atoms with Crippen molar-refractivity contribution in [3.63, 3.8) is 0 Å². The summed E-state index contributed by atoms with van der Waals surface area (Å²) in [6.45, 7) is 0.402. The van der Waals surface area contributed by atoms with Crippen molar-refractivity contribution in [2.45, 2.75) is 38.4 Å². The monoisotopic (exact) mass is 402 g/mol. The average Bonchev–Trinajstić information content (AvgIpc) is 2.63. The molecule has 2 aromatic carbocycles.